The van der Waals surface area contributed by atoms with Gasteiger partial charge in [0.1, 0.15) is 5.69 Å². The minimum atomic E-state index is -0.380. The minimum absolute atomic E-state index is 0.208. The summed E-state index contributed by atoms with van der Waals surface area (Å²) in [6.45, 7) is 12.3. The molecule has 2 heterocycles. The Morgan fingerprint density at radius 1 is 1.08 bits per heavy atom. The summed E-state index contributed by atoms with van der Waals surface area (Å²) in [6.07, 6.45) is 1.92. The first-order chi connectivity index (χ1) is 17.4. The SMILES string of the molecule is CC.CCCCn1c(C(=O)OC)c(C)c2c(-c3c(C)nn(CCOCCOC)c3CO)c(Cl)ccc21. The molecule has 9 heteroatoms. The molecule has 0 aliphatic rings. The number of hydrogen-bond donors (Lipinski definition) is 1. The van der Waals surface area contributed by atoms with Crippen LogP contribution in [0.25, 0.3) is 22.0 Å². The molecule has 0 saturated carbocycles. The maximum absolute atomic E-state index is 12.8. The van der Waals surface area contributed by atoms with E-state index in [1.54, 1.807) is 11.8 Å². The molecule has 8 nitrogen and oxygen atoms in total. The number of unbranched alkanes of at least 4 members (excludes halogenated alkanes) is 1. The second-order valence-electron chi connectivity index (χ2n) is 8.18. The number of ether oxygens (including phenoxy) is 3. The molecule has 0 amide bonds. The molecule has 3 aromatic rings. The number of hydrogen-bond acceptors (Lipinski definition) is 6. The van der Waals surface area contributed by atoms with E-state index in [0.717, 1.165) is 46.1 Å². The first kappa shape index (κ1) is 29.8. The highest BCUT2D eigenvalue weighted by Gasteiger charge is 2.27. The van der Waals surface area contributed by atoms with Crippen LogP contribution in [0, 0.1) is 13.8 Å². The summed E-state index contributed by atoms with van der Waals surface area (Å²) in [5.74, 6) is -0.380. The quantitative estimate of drug-likeness (QED) is 0.248. The summed E-state index contributed by atoms with van der Waals surface area (Å²) < 4.78 is 19.5. The number of aromatic nitrogens is 3. The van der Waals surface area contributed by atoms with Gasteiger partial charge < -0.3 is 23.9 Å². The average molecular weight is 522 g/mol. The number of fused-ring (bicyclic) bond motifs is 1. The average Bonchev–Trinajstić information content (AvgIpc) is 3.36. The third-order valence-corrected chi connectivity index (χ3v) is 6.36. The topological polar surface area (TPSA) is 87.7 Å². The van der Waals surface area contributed by atoms with Crippen LogP contribution in [-0.2, 0) is 33.9 Å². The molecule has 0 atom stereocenters. The first-order valence-corrected chi connectivity index (χ1v) is 12.9. The fraction of sp³-hybridized carbons (Fsp3) is 0.556. The summed E-state index contributed by atoms with van der Waals surface area (Å²) in [5.41, 5.74) is 5.18. The standard InChI is InChI=1S/C25H34ClN3O5.C2H6/c1-6-7-10-28-19-9-8-18(26)23(21(19)16(2)24(28)25(31)33-5)22-17(3)27-29(20(22)15-30)11-12-34-14-13-32-4;1-2/h8-9,30H,6-7,10-15H2,1-5H3;1-2H3. The second-order valence-corrected chi connectivity index (χ2v) is 8.59. The molecule has 0 spiro atoms. The molecule has 0 aliphatic heterocycles. The van der Waals surface area contributed by atoms with E-state index < -0.39 is 0 Å². The predicted octanol–water partition coefficient (Wildman–Crippen LogP) is 5.54. The second kappa shape index (κ2) is 14.4. The van der Waals surface area contributed by atoms with Crippen molar-refractivity contribution in [3.8, 4) is 11.1 Å². The van der Waals surface area contributed by atoms with Crippen molar-refractivity contribution in [1.82, 2.24) is 14.3 Å². The van der Waals surface area contributed by atoms with Gasteiger partial charge in [-0.15, -0.1) is 0 Å². The molecule has 2 aromatic heterocycles. The normalized spacial score (nSPS) is 11.0. The van der Waals surface area contributed by atoms with E-state index in [2.05, 4.69) is 12.0 Å². The van der Waals surface area contributed by atoms with Crippen LogP contribution in [0.5, 0.6) is 0 Å². The van der Waals surface area contributed by atoms with Crippen molar-refractivity contribution in [2.75, 3.05) is 34.0 Å². The summed E-state index contributed by atoms with van der Waals surface area (Å²) in [4.78, 5) is 12.8. The Hall–Kier alpha value is -2.39. The van der Waals surface area contributed by atoms with Crippen molar-refractivity contribution < 1.29 is 24.1 Å². The van der Waals surface area contributed by atoms with Crippen molar-refractivity contribution >= 4 is 28.5 Å². The van der Waals surface area contributed by atoms with Crippen LogP contribution in [0.15, 0.2) is 12.1 Å². The Bertz CT molecular complexity index is 1150. The van der Waals surface area contributed by atoms with Gasteiger partial charge in [0.2, 0.25) is 0 Å². The number of carbonyl (C=O) groups is 1. The summed E-state index contributed by atoms with van der Waals surface area (Å²) >= 11 is 6.78. The van der Waals surface area contributed by atoms with Crippen LogP contribution >= 0.6 is 11.6 Å². The lowest BCUT2D eigenvalue weighted by molar-refractivity contribution is 0.0588. The Kier molecular flexibility index (Phi) is 11.9. The number of methoxy groups -OCH3 is 2. The van der Waals surface area contributed by atoms with Gasteiger partial charge in [0, 0.05) is 40.7 Å². The van der Waals surface area contributed by atoms with E-state index in [0.29, 0.717) is 49.3 Å². The number of nitrogens with zero attached hydrogens (tertiary/aromatic N) is 3. The van der Waals surface area contributed by atoms with Gasteiger partial charge >= 0.3 is 5.97 Å². The van der Waals surface area contributed by atoms with Gasteiger partial charge in [0.15, 0.2) is 0 Å². The molecule has 0 aliphatic carbocycles. The number of aryl methyl sites for hydroxylation is 3. The van der Waals surface area contributed by atoms with E-state index in [-0.39, 0.29) is 12.6 Å². The number of aliphatic hydroxyl groups excluding tert-OH is 1. The van der Waals surface area contributed by atoms with Crippen molar-refractivity contribution in [2.45, 2.75) is 67.2 Å². The van der Waals surface area contributed by atoms with Gasteiger partial charge in [-0.05, 0) is 38.0 Å². The molecule has 3 rings (SSSR count). The van der Waals surface area contributed by atoms with Gasteiger partial charge in [-0.1, -0.05) is 38.8 Å². The fourth-order valence-corrected chi connectivity index (χ4v) is 4.71. The molecule has 200 valence electrons. The van der Waals surface area contributed by atoms with Crippen LogP contribution in [0.1, 0.15) is 61.1 Å². The molecule has 0 unspecified atom stereocenters. The molecule has 1 aromatic carbocycles. The van der Waals surface area contributed by atoms with Crippen molar-refractivity contribution in [1.29, 1.82) is 0 Å². The lowest BCUT2D eigenvalue weighted by Crippen LogP contribution is -2.12. The number of esters is 1. The maximum Gasteiger partial charge on any atom is 0.354 e. The van der Waals surface area contributed by atoms with Crippen molar-refractivity contribution in [3.05, 3.63) is 39.8 Å². The third kappa shape index (κ3) is 6.11. The number of carbonyl (C=O) groups excluding carboxylic acids is 1. The molecule has 1 N–H and O–H groups in total. The van der Waals surface area contributed by atoms with Crippen LogP contribution in [0.3, 0.4) is 0 Å². The number of aliphatic hydroxyl groups is 1. The zero-order valence-electron chi connectivity index (χ0n) is 22.6. The van der Waals surface area contributed by atoms with E-state index in [9.17, 15) is 9.90 Å². The Labute approximate surface area is 219 Å². The van der Waals surface area contributed by atoms with Crippen LogP contribution < -0.4 is 0 Å². The fourth-order valence-electron chi connectivity index (χ4n) is 4.46. The highest BCUT2D eigenvalue weighted by Crippen LogP contribution is 2.42. The first-order valence-electron chi connectivity index (χ1n) is 12.5. The lowest BCUT2D eigenvalue weighted by Gasteiger charge is -2.12. The number of halogens is 1. The van der Waals surface area contributed by atoms with E-state index in [1.807, 2.05) is 44.4 Å². The Balaban J connectivity index is 0.00000222. The van der Waals surface area contributed by atoms with E-state index in [4.69, 9.17) is 25.8 Å². The largest absolute Gasteiger partial charge is 0.464 e. The molecule has 36 heavy (non-hydrogen) atoms. The van der Waals surface area contributed by atoms with Gasteiger partial charge in [0.05, 0.1) is 51.5 Å². The number of benzene rings is 1. The predicted molar refractivity (Wildman–Crippen MR) is 144 cm³/mol. The Morgan fingerprint density at radius 3 is 2.42 bits per heavy atom. The van der Waals surface area contributed by atoms with Gasteiger partial charge in [-0.25, -0.2) is 4.79 Å². The molecule has 0 saturated heterocycles. The lowest BCUT2D eigenvalue weighted by atomic mass is 9.97. The Morgan fingerprint density at radius 2 is 1.81 bits per heavy atom. The zero-order valence-corrected chi connectivity index (χ0v) is 23.4. The van der Waals surface area contributed by atoms with Crippen LogP contribution in [-0.4, -0.2) is 59.5 Å². The summed E-state index contributed by atoms with van der Waals surface area (Å²) in [6, 6.07) is 3.78. The van der Waals surface area contributed by atoms with Crippen LogP contribution in [0.2, 0.25) is 5.02 Å². The molecular weight excluding hydrogens is 482 g/mol. The molecule has 0 bridgehead atoms. The smallest absolute Gasteiger partial charge is 0.354 e. The molecular formula is C27H40ClN3O5. The van der Waals surface area contributed by atoms with Crippen LogP contribution in [0.4, 0.5) is 0 Å². The number of rotatable bonds is 12. The molecule has 0 fully saturated rings. The highest BCUT2D eigenvalue weighted by molar-refractivity contribution is 6.35. The summed E-state index contributed by atoms with van der Waals surface area (Å²) in [5, 5.41) is 16.4. The maximum atomic E-state index is 12.8. The van der Waals surface area contributed by atoms with Gasteiger partial charge in [0.25, 0.3) is 0 Å². The summed E-state index contributed by atoms with van der Waals surface area (Å²) in [7, 11) is 3.02. The van der Waals surface area contributed by atoms with E-state index >= 15 is 0 Å². The van der Waals surface area contributed by atoms with E-state index in [1.165, 1.54) is 7.11 Å². The minimum Gasteiger partial charge on any atom is -0.464 e. The van der Waals surface area contributed by atoms with Crippen molar-refractivity contribution in [2.24, 2.45) is 0 Å². The third-order valence-electron chi connectivity index (χ3n) is 6.05. The monoisotopic (exact) mass is 521 g/mol. The zero-order chi connectivity index (χ0) is 26.8. The highest BCUT2D eigenvalue weighted by atomic mass is 35.5. The molecule has 0 radical (unpaired) electrons. The van der Waals surface area contributed by atoms with Crippen molar-refractivity contribution in [3.63, 3.8) is 0 Å². The van der Waals surface area contributed by atoms with Gasteiger partial charge in [-0.3, -0.25) is 4.68 Å². The van der Waals surface area contributed by atoms with Gasteiger partial charge in [-0.2, -0.15) is 5.10 Å².